The van der Waals surface area contributed by atoms with Crippen molar-refractivity contribution in [2.24, 2.45) is 5.92 Å². The third-order valence-corrected chi connectivity index (χ3v) is 14.3. The van der Waals surface area contributed by atoms with Crippen molar-refractivity contribution in [1.82, 2.24) is 19.8 Å². The largest absolute Gasteiger partial charge is 0.444 e. The van der Waals surface area contributed by atoms with E-state index >= 15 is 0 Å². The van der Waals surface area contributed by atoms with Crippen molar-refractivity contribution in [3.05, 3.63) is 104 Å². The molecule has 3 fully saturated rings. The minimum atomic E-state index is -3.96. The molecule has 8 rings (SSSR count). The summed E-state index contributed by atoms with van der Waals surface area (Å²) >= 11 is 0. The van der Waals surface area contributed by atoms with E-state index in [1.54, 1.807) is 12.1 Å². The van der Waals surface area contributed by atoms with E-state index in [0.717, 1.165) is 12.0 Å². The SMILES string of the molecule is CC(C)(Nc1c(N[C@H]2CCCCCC=C[C@@H]3C[C@@]3(C(=O)NS(=O)(=O)C3CC3)NC(=O)[C@@H]3C[C@@H](OC(=O)N4Cc5cccc(F)c5C4)CN3C2=O)c(=O)c1=O)c1ccccc1. The van der Waals surface area contributed by atoms with E-state index in [2.05, 4.69) is 20.7 Å². The van der Waals surface area contributed by atoms with Gasteiger partial charge in [-0.15, -0.1) is 0 Å². The minimum Gasteiger partial charge on any atom is -0.444 e. The van der Waals surface area contributed by atoms with E-state index in [4.69, 9.17) is 4.74 Å². The number of sulfonamides is 1. The topological polar surface area (TPSA) is 200 Å². The van der Waals surface area contributed by atoms with Gasteiger partial charge < -0.3 is 25.6 Å². The monoisotopic (exact) mass is 844 g/mol. The van der Waals surface area contributed by atoms with Crippen LogP contribution in [0.25, 0.3) is 0 Å². The first kappa shape index (κ1) is 41.2. The van der Waals surface area contributed by atoms with Gasteiger partial charge in [0.2, 0.25) is 21.8 Å². The predicted molar refractivity (Wildman–Crippen MR) is 219 cm³/mol. The second kappa shape index (κ2) is 15.8. The second-order valence-corrected chi connectivity index (χ2v) is 19.2. The summed E-state index contributed by atoms with van der Waals surface area (Å²) in [5.74, 6) is -3.16. The average Bonchev–Trinajstić information content (AvgIpc) is 4.11. The van der Waals surface area contributed by atoms with E-state index in [1.807, 2.05) is 56.3 Å². The normalized spacial score (nSPS) is 25.9. The van der Waals surface area contributed by atoms with E-state index in [0.29, 0.717) is 43.2 Å². The first-order valence-corrected chi connectivity index (χ1v) is 22.1. The van der Waals surface area contributed by atoms with E-state index in [9.17, 15) is 41.6 Å². The van der Waals surface area contributed by atoms with Crippen LogP contribution in [-0.2, 0) is 47.8 Å². The van der Waals surface area contributed by atoms with E-state index in [-0.39, 0.29) is 50.3 Å². The highest BCUT2D eigenvalue weighted by Crippen LogP contribution is 2.46. The number of nitrogens with one attached hydrogen (secondary N) is 4. The maximum atomic E-state index is 14.8. The molecule has 0 aromatic heterocycles. The predicted octanol–water partition coefficient (Wildman–Crippen LogP) is 3.67. The average molecular weight is 845 g/mol. The van der Waals surface area contributed by atoms with E-state index in [1.165, 1.54) is 15.9 Å². The van der Waals surface area contributed by atoms with Crippen LogP contribution in [0, 0.1) is 11.7 Å². The number of amides is 4. The van der Waals surface area contributed by atoms with Crippen LogP contribution in [0.2, 0.25) is 0 Å². The van der Waals surface area contributed by atoms with Gasteiger partial charge in [0.25, 0.3) is 16.8 Å². The molecule has 4 N–H and O–H groups in total. The molecule has 5 atom stereocenters. The van der Waals surface area contributed by atoms with Gasteiger partial charge in [-0.2, -0.15) is 0 Å². The zero-order valence-electron chi connectivity index (χ0n) is 33.5. The van der Waals surface area contributed by atoms with Gasteiger partial charge in [0.1, 0.15) is 40.9 Å². The summed E-state index contributed by atoms with van der Waals surface area (Å²) in [6.07, 6.45) is 5.56. The van der Waals surface area contributed by atoms with Crippen molar-refractivity contribution in [1.29, 1.82) is 0 Å². The van der Waals surface area contributed by atoms with Crippen molar-refractivity contribution in [3.63, 3.8) is 0 Å². The molecule has 2 aliphatic carbocycles. The Labute approximate surface area is 346 Å². The smallest absolute Gasteiger partial charge is 0.410 e. The fourth-order valence-electron chi connectivity index (χ4n) is 8.64. The Hall–Kier alpha value is -5.58. The van der Waals surface area contributed by atoms with Crippen molar-refractivity contribution in [2.45, 2.75) is 119 Å². The fraction of sp³-hybridized carbons (Fsp3) is 0.488. The standard InChI is InChI=1S/C43H49FN6O9S/c1-42(2,26-13-8-6-9-14-26)46-35-34(36(51)37(35)52)45-32-17-10-5-3-4-7-15-27-21-43(27,40(55)48-60(57,58)29-18-19-29)47-38(53)33-20-28(23-50(33)39(32)54)59-41(56)49-22-25-12-11-16-31(44)30(25)24-49/h6-9,11-16,27-29,32-33,45-46H,3-5,10,17-24H2,1-2H3,(H,47,53)(H,48,55)/t27-,28-,32+,33+,43-/m1/s1. The zero-order chi connectivity index (χ0) is 42.6. The molecular weight excluding hydrogens is 796 g/mol. The Balaban J connectivity index is 1.08. The fourth-order valence-corrected chi connectivity index (χ4v) is 10.0. The van der Waals surface area contributed by atoms with Crippen LogP contribution in [0.5, 0.6) is 0 Å². The van der Waals surface area contributed by atoms with Crippen LogP contribution in [0.4, 0.5) is 20.6 Å². The highest BCUT2D eigenvalue weighted by molar-refractivity contribution is 7.91. The summed E-state index contributed by atoms with van der Waals surface area (Å²) in [6.45, 7) is 3.57. The molecule has 17 heteroatoms. The number of hydrogen-bond donors (Lipinski definition) is 4. The lowest BCUT2D eigenvalue weighted by molar-refractivity contribution is -0.140. The van der Waals surface area contributed by atoms with Gasteiger partial charge in [-0.3, -0.25) is 33.6 Å². The van der Waals surface area contributed by atoms with Crippen molar-refractivity contribution < 1.29 is 36.7 Å². The molecule has 318 valence electrons. The Morgan fingerprint density at radius 1 is 0.933 bits per heavy atom. The third-order valence-electron chi connectivity index (χ3n) is 12.5. The molecule has 3 aromatic rings. The number of allylic oxidation sites excluding steroid dienone is 1. The van der Waals surface area contributed by atoms with Crippen LogP contribution >= 0.6 is 0 Å². The summed E-state index contributed by atoms with van der Waals surface area (Å²) < 4.78 is 48.4. The molecule has 0 radical (unpaired) electrons. The molecule has 3 heterocycles. The van der Waals surface area contributed by atoms with Crippen LogP contribution in [0.15, 0.2) is 70.3 Å². The first-order valence-electron chi connectivity index (χ1n) is 20.6. The molecule has 3 aliphatic heterocycles. The number of fused-ring (bicyclic) bond motifs is 3. The summed E-state index contributed by atoms with van der Waals surface area (Å²) in [7, 11) is -3.96. The Morgan fingerprint density at radius 3 is 2.42 bits per heavy atom. The van der Waals surface area contributed by atoms with Gasteiger partial charge in [0.15, 0.2) is 0 Å². The summed E-state index contributed by atoms with van der Waals surface area (Å²) in [4.78, 5) is 85.4. The lowest BCUT2D eigenvalue weighted by atomic mass is 9.93. The van der Waals surface area contributed by atoms with Gasteiger partial charge in [0.05, 0.1) is 23.9 Å². The highest BCUT2D eigenvalue weighted by atomic mass is 32.2. The number of hydrogen-bond acceptors (Lipinski definition) is 11. The number of carbonyl (C=O) groups is 4. The number of ether oxygens (including phenoxy) is 1. The Morgan fingerprint density at radius 2 is 1.68 bits per heavy atom. The molecule has 0 spiro atoms. The molecule has 4 amide bonds. The molecular formula is C43H49FN6O9S. The number of halogens is 1. The highest BCUT2D eigenvalue weighted by Gasteiger charge is 2.62. The first-order chi connectivity index (χ1) is 28.6. The summed E-state index contributed by atoms with van der Waals surface area (Å²) in [5, 5.41) is 8.37. The molecule has 5 aliphatic rings. The Bertz CT molecular complexity index is 2430. The van der Waals surface area contributed by atoms with Gasteiger partial charge in [-0.25, -0.2) is 17.6 Å². The maximum absolute atomic E-state index is 14.8. The summed E-state index contributed by atoms with van der Waals surface area (Å²) in [5.41, 5.74) is -2.08. The molecule has 60 heavy (non-hydrogen) atoms. The number of benzene rings is 2. The second-order valence-electron chi connectivity index (χ2n) is 17.2. The van der Waals surface area contributed by atoms with Gasteiger partial charge in [0, 0.05) is 24.4 Å². The Kier molecular flexibility index (Phi) is 10.8. The molecule has 2 saturated carbocycles. The number of anilines is 2. The van der Waals surface area contributed by atoms with Crippen molar-refractivity contribution >= 4 is 45.2 Å². The quantitative estimate of drug-likeness (QED) is 0.181. The molecule has 15 nitrogen and oxygen atoms in total. The van der Waals surface area contributed by atoms with E-state index < -0.39 is 90.9 Å². The zero-order valence-corrected chi connectivity index (χ0v) is 34.3. The molecule has 3 aromatic carbocycles. The van der Waals surface area contributed by atoms with Gasteiger partial charge in [-0.1, -0.05) is 67.5 Å². The number of carbonyl (C=O) groups excluding carboxylic acids is 4. The number of rotatable bonds is 9. The third kappa shape index (κ3) is 8.02. The lowest BCUT2D eigenvalue weighted by Gasteiger charge is -2.32. The van der Waals surface area contributed by atoms with Crippen molar-refractivity contribution in [3.8, 4) is 0 Å². The minimum absolute atomic E-state index is 0.0261. The van der Waals surface area contributed by atoms with Crippen molar-refractivity contribution in [2.75, 3.05) is 17.2 Å². The van der Waals surface area contributed by atoms with Gasteiger partial charge >= 0.3 is 6.09 Å². The lowest BCUT2D eigenvalue weighted by Crippen LogP contribution is -2.57. The van der Waals surface area contributed by atoms with Crippen LogP contribution in [0.1, 0.15) is 88.3 Å². The van der Waals surface area contributed by atoms with Crippen LogP contribution in [0.3, 0.4) is 0 Å². The summed E-state index contributed by atoms with van der Waals surface area (Å²) in [6, 6.07) is 11.6. The van der Waals surface area contributed by atoms with Crippen LogP contribution in [-0.4, -0.2) is 77.6 Å². The van der Waals surface area contributed by atoms with Crippen LogP contribution < -0.4 is 31.5 Å². The maximum Gasteiger partial charge on any atom is 0.410 e. The number of nitrogens with zero attached hydrogens (tertiary/aromatic N) is 2. The molecule has 0 unspecified atom stereocenters. The van der Waals surface area contributed by atoms with Gasteiger partial charge in [-0.05, 0) is 69.6 Å². The molecule has 0 bridgehead atoms. The molecule has 1 saturated heterocycles.